The third kappa shape index (κ3) is 4.10. The van der Waals surface area contributed by atoms with Crippen LogP contribution in [0.3, 0.4) is 0 Å². The second-order valence-electron chi connectivity index (χ2n) is 4.89. The van der Waals surface area contributed by atoms with Crippen LogP contribution in [-0.4, -0.2) is 27.5 Å². The van der Waals surface area contributed by atoms with Gasteiger partial charge >= 0.3 is 0 Å². The summed E-state index contributed by atoms with van der Waals surface area (Å²) in [4.78, 5) is 20.2. The quantitative estimate of drug-likeness (QED) is 0.880. The maximum Gasteiger partial charge on any atom is 0.254 e. The number of rotatable bonds is 5. The van der Waals surface area contributed by atoms with Gasteiger partial charge in [0.05, 0.1) is 17.4 Å². The van der Waals surface area contributed by atoms with E-state index >= 15 is 0 Å². The van der Waals surface area contributed by atoms with E-state index in [0.29, 0.717) is 30.0 Å². The lowest BCUT2D eigenvalue weighted by atomic mass is 10.1. The fourth-order valence-corrected chi connectivity index (χ4v) is 2.07. The van der Waals surface area contributed by atoms with E-state index in [1.54, 1.807) is 13.8 Å². The van der Waals surface area contributed by atoms with Crippen molar-refractivity contribution >= 4 is 5.91 Å². The van der Waals surface area contributed by atoms with Gasteiger partial charge < -0.3 is 10.4 Å². The molecule has 0 radical (unpaired) electrons. The number of hydrogen-bond donors (Lipinski definition) is 2. The zero-order valence-electron chi connectivity index (χ0n) is 12.2. The molecule has 2 aromatic rings. The molecule has 21 heavy (non-hydrogen) atoms. The number of aliphatic hydroxyl groups excluding tert-OH is 1. The molecule has 1 atom stereocenters. The molecule has 0 aliphatic rings. The maximum absolute atomic E-state index is 12.0. The normalized spacial score (nSPS) is 12.0. The van der Waals surface area contributed by atoms with Crippen molar-refractivity contribution in [2.45, 2.75) is 26.4 Å². The van der Waals surface area contributed by atoms with Gasteiger partial charge in [-0.1, -0.05) is 30.3 Å². The third-order valence-corrected chi connectivity index (χ3v) is 3.23. The first-order valence-corrected chi connectivity index (χ1v) is 6.89. The number of aryl methyl sites for hydroxylation is 2. The van der Waals surface area contributed by atoms with Crippen LogP contribution in [0.5, 0.6) is 0 Å². The van der Waals surface area contributed by atoms with Crippen LogP contribution >= 0.6 is 0 Å². The molecule has 2 N–H and O–H groups in total. The third-order valence-electron chi connectivity index (χ3n) is 3.23. The predicted molar refractivity (Wildman–Crippen MR) is 79.9 cm³/mol. The Labute approximate surface area is 124 Å². The van der Waals surface area contributed by atoms with E-state index in [1.165, 1.54) is 6.20 Å². The van der Waals surface area contributed by atoms with Crippen LogP contribution in [-0.2, 0) is 0 Å². The van der Waals surface area contributed by atoms with Crippen molar-refractivity contribution in [3.8, 4) is 0 Å². The summed E-state index contributed by atoms with van der Waals surface area (Å²) in [5.41, 5.74) is 1.97. The lowest BCUT2D eigenvalue weighted by molar-refractivity contribution is 0.0941. The van der Waals surface area contributed by atoms with Gasteiger partial charge in [0, 0.05) is 12.7 Å². The Bertz CT molecular complexity index is 614. The highest BCUT2D eigenvalue weighted by molar-refractivity contribution is 5.94. The molecule has 5 nitrogen and oxygen atoms in total. The van der Waals surface area contributed by atoms with Crippen LogP contribution in [0.25, 0.3) is 0 Å². The van der Waals surface area contributed by atoms with Gasteiger partial charge in [-0.25, -0.2) is 9.97 Å². The summed E-state index contributed by atoms with van der Waals surface area (Å²) in [5, 5.41) is 12.8. The Balaban J connectivity index is 1.87. The van der Waals surface area contributed by atoms with E-state index < -0.39 is 6.10 Å². The highest BCUT2D eigenvalue weighted by atomic mass is 16.3. The fraction of sp³-hybridized carbons (Fsp3) is 0.312. The second-order valence-corrected chi connectivity index (χ2v) is 4.89. The largest absolute Gasteiger partial charge is 0.388 e. The SMILES string of the molecule is Cc1ncc(C(=O)NCCC(O)c2ccccc2)c(C)n1. The zero-order valence-corrected chi connectivity index (χ0v) is 12.2. The molecule has 0 bridgehead atoms. The van der Waals surface area contributed by atoms with Crippen LogP contribution in [0.15, 0.2) is 36.5 Å². The summed E-state index contributed by atoms with van der Waals surface area (Å²) < 4.78 is 0. The van der Waals surface area contributed by atoms with Crippen molar-refractivity contribution < 1.29 is 9.90 Å². The van der Waals surface area contributed by atoms with Gasteiger partial charge in [0.1, 0.15) is 5.82 Å². The zero-order chi connectivity index (χ0) is 15.2. The van der Waals surface area contributed by atoms with Crippen molar-refractivity contribution in [3.05, 3.63) is 59.2 Å². The first kappa shape index (κ1) is 15.1. The minimum atomic E-state index is -0.582. The first-order valence-electron chi connectivity index (χ1n) is 6.89. The van der Waals surface area contributed by atoms with Gasteiger partial charge in [-0.05, 0) is 25.8 Å². The van der Waals surface area contributed by atoms with Gasteiger partial charge in [-0.15, -0.1) is 0 Å². The number of hydrogen-bond acceptors (Lipinski definition) is 4. The number of benzene rings is 1. The van der Waals surface area contributed by atoms with Gasteiger partial charge in [-0.2, -0.15) is 0 Å². The topological polar surface area (TPSA) is 75.1 Å². The van der Waals surface area contributed by atoms with Crippen LogP contribution in [0.1, 0.15) is 40.0 Å². The molecule has 1 aromatic heterocycles. The second kappa shape index (κ2) is 6.95. The van der Waals surface area contributed by atoms with Crippen molar-refractivity contribution in [3.63, 3.8) is 0 Å². The molecular formula is C16H19N3O2. The van der Waals surface area contributed by atoms with Crippen molar-refractivity contribution in [2.24, 2.45) is 0 Å². The summed E-state index contributed by atoms with van der Waals surface area (Å²) in [6, 6.07) is 9.39. The molecule has 1 aromatic carbocycles. The van der Waals surface area contributed by atoms with Crippen molar-refractivity contribution in [2.75, 3.05) is 6.54 Å². The molecule has 0 saturated carbocycles. The first-order chi connectivity index (χ1) is 10.1. The molecule has 0 aliphatic heterocycles. The average Bonchev–Trinajstić information content (AvgIpc) is 2.47. The standard InChI is InChI=1S/C16H19N3O2/c1-11-14(10-18-12(2)19-11)16(21)17-9-8-15(20)13-6-4-3-5-7-13/h3-7,10,15,20H,8-9H2,1-2H3,(H,17,21). The number of aliphatic hydroxyl groups is 1. The Morgan fingerprint density at radius 2 is 2.00 bits per heavy atom. The van der Waals surface area contributed by atoms with Gasteiger partial charge in [0.15, 0.2) is 0 Å². The molecule has 2 rings (SSSR count). The number of aromatic nitrogens is 2. The van der Waals surface area contributed by atoms with Gasteiger partial charge in [0.2, 0.25) is 0 Å². The maximum atomic E-state index is 12.0. The molecule has 0 aliphatic carbocycles. The Hall–Kier alpha value is -2.27. The summed E-state index contributed by atoms with van der Waals surface area (Å²) >= 11 is 0. The van der Waals surface area contributed by atoms with Crippen LogP contribution < -0.4 is 5.32 Å². The smallest absolute Gasteiger partial charge is 0.254 e. The predicted octanol–water partition coefficient (Wildman–Crippen LogP) is 1.95. The molecule has 110 valence electrons. The van der Waals surface area contributed by atoms with Gasteiger partial charge in [0.25, 0.3) is 5.91 Å². The van der Waals surface area contributed by atoms with E-state index in [2.05, 4.69) is 15.3 Å². The number of nitrogens with one attached hydrogen (secondary N) is 1. The number of carbonyl (C=O) groups excluding carboxylic acids is 1. The Morgan fingerprint density at radius 3 is 2.67 bits per heavy atom. The van der Waals surface area contributed by atoms with Crippen molar-refractivity contribution in [1.29, 1.82) is 0 Å². The molecule has 1 unspecified atom stereocenters. The number of nitrogens with zero attached hydrogens (tertiary/aromatic N) is 2. The number of amides is 1. The van der Waals surface area contributed by atoms with Crippen molar-refractivity contribution in [1.82, 2.24) is 15.3 Å². The lowest BCUT2D eigenvalue weighted by Gasteiger charge is -2.12. The van der Waals surface area contributed by atoms with Crippen LogP contribution in [0.4, 0.5) is 0 Å². The molecule has 0 spiro atoms. The lowest BCUT2D eigenvalue weighted by Crippen LogP contribution is -2.27. The van der Waals surface area contributed by atoms with E-state index in [1.807, 2.05) is 30.3 Å². The fourth-order valence-electron chi connectivity index (χ4n) is 2.07. The monoisotopic (exact) mass is 285 g/mol. The summed E-state index contributed by atoms with van der Waals surface area (Å²) in [7, 11) is 0. The van der Waals surface area contributed by atoms with E-state index in [-0.39, 0.29) is 5.91 Å². The van der Waals surface area contributed by atoms with Crippen LogP contribution in [0, 0.1) is 13.8 Å². The molecule has 1 heterocycles. The molecule has 5 heteroatoms. The summed E-state index contributed by atoms with van der Waals surface area (Å²) in [5.74, 6) is 0.427. The minimum Gasteiger partial charge on any atom is -0.388 e. The molecule has 0 fully saturated rings. The summed E-state index contributed by atoms with van der Waals surface area (Å²) in [6.07, 6.45) is 1.41. The Kier molecular flexibility index (Phi) is 5.00. The van der Waals surface area contributed by atoms with Gasteiger partial charge in [-0.3, -0.25) is 4.79 Å². The number of carbonyl (C=O) groups is 1. The average molecular weight is 285 g/mol. The highest BCUT2D eigenvalue weighted by Crippen LogP contribution is 2.15. The molecular weight excluding hydrogens is 266 g/mol. The molecule has 1 amide bonds. The highest BCUT2D eigenvalue weighted by Gasteiger charge is 2.12. The molecule has 0 saturated heterocycles. The minimum absolute atomic E-state index is 0.215. The van der Waals surface area contributed by atoms with Crippen LogP contribution in [0.2, 0.25) is 0 Å². The van der Waals surface area contributed by atoms with E-state index in [4.69, 9.17) is 0 Å². The van der Waals surface area contributed by atoms with E-state index in [0.717, 1.165) is 5.56 Å². The Morgan fingerprint density at radius 1 is 1.29 bits per heavy atom. The van der Waals surface area contributed by atoms with E-state index in [9.17, 15) is 9.90 Å². The summed E-state index contributed by atoms with van der Waals surface area (Å²) in [6.45, 7) is 3.95.